The number of fused-ring (bicyclic) bond motifs is 1. The molecule has 0 saturated heterocycles. The summed E-state index contributed by atoms with van der Waals surface area (Å²) in [4.78, 5) is 20.9. The van der Waals surface area contributed by atoms with Crippen LogP contribution in [0.4, 0.5) is 0 Å². The number of amides is 1. The van der Waals surface area contributed by atoms with E-state index in [4.69, 9.17) is 4.74 Å². The fourth-order valence-electron chi connectivity index (χ4n) is 2.40. The average Bonchev–Trinajstić information content (AvgIpc) is 2.60. The van der Waals surface area contributed by atoms with Gasteiger partial charge in [-0.05, 0) is 30.5 Å². The minimum Gasteiger partial charge on any atom is -0.477 e. The highest BCUT2D eigenvalue weighted by molar-refractivity contribution is 5.96. The first-order valence-corrected chi connectivity index (χ1v) is 7.48. The van der Waals surface area contributed by atoms with E-state index in [1.165, 1.54) is 0 Å². The van der Waals surface area contributed by atoms with Crippen molar-refractivity contribution >= 4 is 16.7 Å². The average molecular weight is 307 g/mol. The predicted molar refractivity (Wildman–Crippen MR) is 88.3 cm³/mol. The first-order valence-electron chi connectivity index (χ1n) is 7.48. The Labute approximate surface area is 134 Å². The summed E-state index contributed by atoms with van der Waals surface area (Å²) in [5.41, 5.74) is 1.26. The van der Waals surface area contributed by atoms with Gasteiger partial charge in [0.1, 0.15) is 5.56 Å². The topological polar surface area (TPSA) is 64.1 Å². The third-order valence-corrected chi connectivity index (χ3v) is 3.47. The zero-order valence-corrected chi connectivity index (χ0v) is 12.8. The molecule has 0 aliphatic heterocycles. The lowest BCUT2D eigenvalue weighted by atomic mass is 10.1. The Morgan fingerprint density at radius 2 is 1.96 bits per heavy atom. The summed E-state index contributed by atoms with van der Waals surface area (Å²) >= 11 is 0. The summed E-state index contributed by atoms with van der Waals surface area (Å²) in [5, 5.41) is 5.02. The van der Waals surface area contributed by atoms with Crippen molar-refractivity contribution in [2.75, 3.05) is 6.61 Å². The highest BCUT2D eigenvalue weighted by Gasteiger charge is 2.13. The Bertz CT molecular complexity index is 828. The van der Waals surface area contributed by atoms with E-state index in [1.54, 1.807) is 24.5 Å². The van der Waals surface area contributed by atoms with Crippen molar-refractivity contribution < 1.29 is 9.53 Å². The molecule has 3 aromatic rings. The minimum atomic E-state index is -0.226. The van der Waals surface area contributed by atoms with Crippen LogP contribution in [0.5, 0.6) is 5.88 Å². The van der Waals surface area contributed by atoms with Crippen molar-refractivity contribution in [3.05, 3.63) is 66.1 Å². The Hall–Kier alpha value is -2.95. The summed E-state index contributed by atoms with van der Waals surface area (Å²) in [5.74, 6) is 0.120. The van der Waals surface area contributed by atoms with Gasteiger partial charge in [-0.15, -0.1) is 0 Å². The number of aromatic nitrogens is 2. The number of ether oxygens (including phenoxy) is 1. The maximum absolute atomic E-state index is 12.4. The van der Waals surface area contributed by atoms with Gasteiger partial charge in [0.05, 0.1) is 18.8 Å². The van der Waals surface area contributed by atoms with Gasteiger partial charge in [0.2, 0.25) is 5.88 Å². The second-order valence-corrected chi connectivity index (χ2v) is 4.95. The van der Waals surface area contributed by atoms with Crippen molar-refractivity contribution in [2.24, 2.45) is 0 Å². The van der Waals surface area contributed by atoms with Crippen LogP contribution in [0.2, 0.25) is 0 Å². The van der Waals surface area contributed by atoms with Gasteiger partial charge in [0, 0.05) is 17.8 Å². The Kier molecular flexibility index (Phi) is 4.47. The van der Waals surface area contributed by atoms with Gasteiger partial charge in [0.25, 0.3) is 5.91 Å². The lowest BCUT2D eigenvalue weighted by Gasteiger charge is -2.10. The van der Waals surface area contributed by atoms with Crippen LogP contribution in [0.1, 0.15) is 23.0 Å². The van der Waals surface area contributed by atoms with Gasteiger partial charge >= 0.3 is 0 Å². The SMILES string of the molecule is CCOc1ncccc1C(=O)NCc1nccc2ccccc12. The van der Waals surface area contributed by atoms with Crippen LogP contribution in [-0.2, 0) is 6.54 Å². The highest BCUT2D eigenvalue weighted by Crippen LogP contribution is 2.17. The molecule has 0 spiro atoms. The number of carbonyl (C=O) groups is 1. The highest BCUT2D eigenvalue weighted by atomic mass is 16.5. The number of benzene rings is 1. The van der Waals surface area contributed by atoms with E-state index in [1.807, 2.05) is 37.3 Å². The quantitative estimate of drug-likeness (QED) is 0.787. The molecule has 1 aromatic carbocycles. The normalized spacial score (nSPS) is 10.5. The Morgan fingerprint density at radius 1 is 1.09 bits per heavy atom. The molecule has 1 N–H and O–H groups in total. The molecule has 0 bridgehead atoms. The molecule has 1 amide bonds. The van der Waals surface area contributed by atoms with Crippen LogP contribution in [-0.4, -0.2) is 22.5 Å². The van der Waals surface area contributed by atoms with Crippen LogP contribution in [0, 0.1) is 0 Å². The molecule has 23 heavy (non-hydrogen) atoms. The van der Waals surface area contributed by atoms with Crippen LogP contribution in [0.25, 0.3) is 10.8 Å². The summed E-state index contributed by atoms with van der Waals surface area (Å²) in [6.45, 7) is 2.67. The number of pyridine rings is 2. The van der Waals surface area contributed by atoms with Crippen LogP contribution >= 0.6 is 0 Å². The van der Waals surface area contributed by atoms with Gasteiger partial charge in [-0.25, -0.2) is 4.98 Å². The third kappa shape index (κ3) is 3.29. The molecular weight excluding hydrogens is 290 g/mol. The second kappa shape index (κ2) is 6.87. The lowest BCUT2D eigenvalue weighted by Crippen LogP contribution is -2.24. The molecule has 0 aliphatic rings. The van der Waals surface area contributed by atoms with E-state index in [0.29, 0.717) is 24.6 Å². The zero-order valence-electron chi connectivity index (χ0n) is 12.8. The minimum absolute atomic E-state index is 0.226. The van der Waals surface area contributed by atoms with Gasteiger partial charge in [-0.3, -0.25) is 9.78 Å². The smallest absolute Gasteiger partial charge is 0.257 e. The first kappa shape index (κ1) is 15.0. The van der Waals surface area contributed by atoms with Gasteiger partial charge < -0.3 is 10.1 Å². The molecule has 0 atom stereocenters. The maximum atomic E-state index is 12.4. The molecule has 0 aliphatic carbocycles. The first-order chi connectivity index (χ1) is 11.3. The van der Waals surface area contributed by atoms with Crippen molar-refractivity contribution in [2.45, 2.75) is 13.5 Å². The summed E-state index contributed by atoms with van der Waals surface area (Å²) in [6, 6.07) is 13.3. The van der Waals surface area contributed by atoms with Crippen molar-refractivity contribution in [3.8, 4) is 5.88 Å². The molecule has 0 unspecified atom stereocenters. The van der Waals surface area contributed by atoms with E-state index in [0.717, 1.165) is 16.5 Å². The fraction of sp³-hybridized carbons (Fsp3) is 0.167. The Balaban J connectivity index is 1.79. The van der Waals surface area contributed by atoms with Gasteiger partial charge in [0.15, 0.2) is 0 Å². The van der Waals surface area contributed by atoms with Crippen molar-refractivity contribution in [1.82, 2.24) is 15.3 Å². The summed E-state index contributed by atoms with van der Waals surface area (Å²) in [6.07, 6.45) is 3.35. The maximum Gasteiger partial charge on any atom is 0.257 e. The third-order valence-electron chi connectivity index (χ3n) is 3.47. The molecule has 3 rings (SSSR count). The predicted octanol–water partition coefficient (Wildman–Crippen LogP) is 2.96. The number of hydrogen-bond donors (Lipinski definition) is 1. The van der Waals surface area contributed by atoms with E-state index < -0.39 is 0 Å². The fourth-order valence-corrected chi connectivity index (χ4v) is 2.40. The Morgan fingerprint density at radius 3 is 2.83 bits per heavy atom. The van der Waals surface area contributed by atoms with Crippen molar-refractivity contribution in [3.63, 3.8) is 0 Å². The van der Waals surface area contributed by atoms with Gasteiger partial charge in [-0.1, -0.05) is 24.3 Å². The monoisotopic (exact) mass is 307 g/mol. The summed E-state index contributed by atoms with van der Waals surface area (Å²) in [7, 11) is 0. The number of nitrogens with zero attached hydrogens (tertiary/aromatic N) is 2. The molecule has 0 saturated carbocycles. The lowest BCUT2D eigenvalue weighted by molar-refractivity contribution is 0.0946. The largest absolute Gasteiger partial charge is 0.477 e. The van der Waals surface area contributed by atoms with Crippen LogP contribution < -0.4 is 10.1 Å². The molecule has 2 aromatic heterocycles. The molecule has 5 nitrogen and oxygen atoms in total. The van der Waals surface area contributed by atoms with E-state index in [-0.39, 0.29) is 5.91 Å². The van der Waals surface area contributed by atoms with Crippen molar-refractivity contribution in [1.29, 1.82) is 0 Å². The number of nitrogens with one attached hydrogen (secondary N) is 1. The molecular formula is C18H17N3O2. The molecule has 2 heterocycles. The second-order valence-electron chi connectivity index (χ2n) is 4.95. The van der Waals surface area contributed by atoms with Gasteiger partial charge in [-0.2, -0.15) is 0 Å². The zero-order chi connectivity index (χ0) is 16.1. The molecule has 0 radical (unpaired) electrons. The standard InChI is InChI=1S/C18H17N3O2/c1-2-23-18-15(8-5-10-20-18)17(22)21-12-16-14-7-4-3-6-13(14)9-11-19-16/h3-11H,2,12H2,1H3,(H,21,22). The van der Waals surface area contributed by atoms with E-state index in [9.17, 15) is 4.79 Å². The molecule has 116 valence electrons. The number of rotatable bonds is 5. The number of hydrogen-bond acceptors (Lipinski definition) is 4. The molecule has 5 heteroatoms. The van der Waals surface area contributed by atoms with Crippen LogP contribution in [0.3, 0.4) is 0 Å². The van der Waals surface area contributed by atoms with E-state index in [2.05, 4.69) is 15.3 Å². The number of carbonyl (C=O) groups excluding carboxylic acids is 1. The van der Waals surface area contributed by atoms with Crippen LogP contribution in [0.15, 0.2) is 54.9 Å². The molecule has 0 fully saturated rings. The summed E-state index contributed by atoms with van der Waals surface area (Å²) < 4.78 is 5.39. The van der Waals surface area contributed by atoms with E-state index >= 15 is 0 Å².